The molecule has 0 amide bonds. The summed E-state index contributed by atoms with van der Waals surface area (Å²) in [5, 5.41) is 3.83. The molecule has 3 aromatic carbocycles. The third-order valence-corrected chi connectivity index (χ3v) is 6.16. The molecule has 0 saturated carbocycles. The van der Waals surface area contributed by atoms with Crippen molar-refractivity contribution in [3.05, 3.63) is 135 Å². The molecule has 5 rings (SSSR count). The van der Waals surface area contributed by atoms with Gasteiger partial charge in [-0.3, -0.25) is 9.78 Å². The molecule has 1 aromatic heterocycles. The Morgan fingerprint density at radius 3 is 1.73 bits per heavy atom. The fraction of sp³-hybridized carbons (Fsp3) is 0.172. The van der Waals surface area contributed by atoms with Gasteiger partial charge in [0.2, 0.25) is 0 Å². The second-order valence-electron chi connectivity index (χ2n) is 8.89. The minimum atomic E-state index is -1.46. The Balaban J connectivity index is 1.50. The molecule has 1 N–H and O–H groups in total. The summed E-state index contributed by atoms with van der Waals surface area (Å²) in [5.41, 5.74) is -1.07. The smallest absolute Gasteiger partial charge is 0.347 e. The van der Waals surface area contributed by atoms with Gasteiger partial charge in [-0.2, -0.15) is 9.78 Å². The monoisotopic (exact) mass is 557 g/mol. The largest absolute Gasteiger partial charge is 0.459 e. The molecule has 1 saturated heterocycles. The molecule has 1 aliphatic heterocycles. The van der Waals surface area contributed by atoms with Crippen LogP contribution in [0.25, 0.3) is 0 Å². The highest BCUT2D eigenvalue weighted by Crippen LogP contribution is 2.34. The molecule has 0 bridgehead atoms. The third-order valence-electron chi connectivity index (χ3n) is 6.16. The van der Waals surface area contributed by atoms with Crippen molar-refractivity contribution in [1.29, 1.82) is 0 Å². The van der Waals surface area contributed by atoms with Gasteiger partial charge >= 0.3 is 23.6 Å². The van der Waals surface area contributed by atoms with Crippen LogP contribution in [0.15, 0.2) is 107 Å². The molecule has 2 heterocycles. The minimum Gasteiger partial charge on any atom is -0.459 e. The number of esters is 3. The first-order valence-electron chi connectivity index (χ1n) is 12.5. The van der Waals surface area contributed by atoms with E-state index in [2.05, 4.69) is 10.1 Å². The summed E-state index contributed by atoms with van der Waals surface area (Å²) < 4.78 is 23.7. The molecular weight excluding hydrogens is 534 g/mol. The highest BCUT2D eigenvalue weighted by atomic mass is 16.7. The molecule has 12 nitrogen and oxygen atoms in total. The number of H-pyrrole nitrogens is 1. The van der Waals surface area contributed by atoms with Gasteiger partial charge in [-0.1, -0.05) is 54.6 Å². The summed E-state index contributed by atoms with van der Waals surface area (Å²) in [5.74, 6) is -2.26. The van der Waals surface area contributed by atoms with Gasteiger partial charge in [-0.05, 0) is 36.4 Å². The highest BCUT2D eigenvalue weighted by Gasteiger charge is 2.52. The molecule has 1 aliphatic rings. The summed E-state index contributed by atoms with van der Waals surface area (Å²) in [6.07, 6.45) is -4.61. The normalized spacial score (nSPS) is 19.7. The molecule has 12 heteroatoms. The number of nitrogens with zero attached hydrogens (tertiary/aromatic N) is 2. The van der Waals surface area contributed by atoms with E-state index in [1.165, 1.54) is 24.3 Å². The molecular formula is C29H23N3O9. The lowest BCUT2D eigenvalue weighted by molar-refractivity contribution is -0.0699. The lowest BCUT2D eigenvalue weighted by Gasteiger charge is -2.24. The molecule has 4 aromatic rings. The predicted octanol–water partition coefficient (Wildman–Crippen LogP) is 2.14. The molecule has 1 fully saturated rings. The van der Waals surface area contributed by atoms with E-state index in [4.69, 9.17) is 18.9 Å². The van der Waals surface area contributed by atoms with Crippen LogP contribution in [0.4, 0.5) is 0 Å². The van der Waals surface area contributed by atoms with Gasteiger partial charge in [0, 0.05) is 0 Å². The number of benzene rings is 3. The first-order valence-corrected chi connectivity index (χ1v) is 12.5. The Kier molecular flexibility index (Phi) is 8.11. The van der Waals surface area contributed by atoms with Crippen LogP contribution in [0.1, 0.15) is 37.3 Å². The fourth-order valence-corrected chi connectivity index (χ4v) is 4.20. The maximum Gasteiger partial charge on any atom is 0.347 e. The van der Waals surface area contributed by atoms with Gasteiger partial charge in [0.05, 0.1) is 16.7 Å². The topological polar surface area (TPSA) is 156 Å². The van der Waals surface area contributed by atoms with Crippen molar-refractivity contribution < 1.29 is 33.3 Å². The Morgan fingerprint density at radius 2 is 1.22 bits per heavy atom. The van der Waals surface area contributed by atoms with Crippen molar-refractivity contribution in [2.75, 3.05) is 6.61 Å². The molecule has 4 atom stereocenters. The van der Waals surface area contributed by atoms with Crippen LogP contribution in [-0.2, 0) is 18.9 Å². The number of hydrogen-bond acceptors (Lipinski definition) is 10. The molecule has 0 aliphatic carbocycles. The van der Waals surface area contributed by atoms with E-state index in [0.717, 1.165) is 10.9 Å². The van der Waals surface area contributed by atoms with Crippen LogP contribution < -0.4 is 11.2 Å². The van der Waals surface area contributed by atoms with E-state index in [1.807, 2.05) is 0 Å². The van der Waals surface area contributed by atoms with Gasteiger partial charge in [-0.25, -0.2) is 19.2 Å². The Hall–Kier alpha value is -5.36. The number of aromatic nitrogens is 3. The summed E-state index contributed by atoms with van der Waals surface area (Å²) in [6, 6.07) is 24.2. The summed E-state index contributed by atoms with van der Waals surface area (Å²) in [4.78, 5) is 65.3. The molecule has 0 radical (unpaired) electrons. The fourth-order valence-electron chi connectivity index (χ4n) is 4.20. The van der Waals surface area contributed by atoms with Gasteiger partial charge in [-0.15, -0.1) is 0 Å². The maximum atomic E-state index is 13.1. The first kappa shape index (κ1) is 27.2. The van der Waals surface area contributed by atoms with Crippen molar-refractivity contribution in [3.8, 4) is 0 Å². The average Bonchev–Trinajstić information content (AvgIpc) is 3.33. The third kappa shape index (κ3) is 6.28. The van der Waals surface area contributed by atoms with E-state index < -0.39 is 60.3 Å². The predicted molar refractivity (Wildman–Crippen MR) is 141 cm³/mol. The molecule has 208 valence electrons. The zero-order chi connectivity index (χ0) is 28.8. The van der Waals surface area contributed by atoms with Gasteiger partial charge in [0.1, 0.15) is 18.9 Å². The summed E-state index contributed by atoms with van der Waals surface area (Å²) >= 11 is 0. The van der Waals surface area contributed by atoms with E-state index in [1.54, 1.807) is 66.7 Å². The van der Waals surface area contributed by atoms with Gasteiger partial charge in [0.25, 0.3) is 5.56 Å². The van der Waals surface area contributed by atoms with E-state index >= 15 is 0 Å². The van der Waals surface area contributed by atoms with Crippen molar-refractivity contribution >= 4 is 17.9 Å². The molecule has 0 spiro atoms. The Bertz CT molecular complexity index is 1640. The number of carbonyl (C=O) groups excluding carboxylic acids is 3. The van der Waals surface area contributed by atoms with Crippen LogP contribution in [0.5, 0.6) is 0 Å². The minimum absolute atomic E-state index is 0.181. The number of hydrogen-bond donors (Lipinski definition) is 1. The van der Waals surface area contributed by atoms with Gasteiger partial charge < -0.3 is 18.9 Å². The van der Waals surface area contributed by atoms with E-state index in [9.17, 15) is 24.0 Å². The lowest BCUT2D eigenvalue weighted by atomic mass is 10.1. The number of aromatic amines is 1. The van der Waals surface area contributed by atoms with E-state index in [-0.39, 0.29) is 16.7 Å². The number of nitrogens with one attached hydrogen (secondary N) is 1. The maximum absolute atomic E-state index is 13.1. The number of carbonyl (C=O) groups is 3. The Labute approximate surface area is 232 Å². The lowest BCUT2D eigenvalue weighted by Crippen LogP contribution is -2.43. The van der Waals surface area contributed by atoms with Crippen LogP contribution >= 0.6 is 0 Å². The Morgan fingerprint density at radius 1 is 0.732 bits per heavy atom. The second kappa shape index (κ2) is 12.2. The standard InChI is InChI=1S/C29H23N3O9/c33-22-16-30-32(29(37)31-22)25-24(41-28(36)20-14-8-3-9-15-20)23(40-27(35)19-12-6-2-7-13-19)21(39-25)17-38-26(34)18-10-4-1-5-11-18/h1-16,21,23-25H,17H2,(H,31,33,37)/t21-,23+,24+,25-/m1/s1. The highest BCUT2D eigenvalue weighted by molar-refractivity contribution is 5.91. The van der Waals surface area contributed by atoms with Crippen LogP contribution in [0.2, 0.25) is 0 Å². The van der Waals surface area contributed by atoms with Gasteiger partial charge in [0.15, 0.2) is 18.4 Å². The van der Waals surface area contributed by atoms with E-state index in [0.29, 0.717) is 0 Å². The number of ether oxygens (including phenoxy) is 4. The second-order valence-corrected chi connectivity index (χ2v) is 8.89. The van der Waals surface area contributed by atoms with Crippen molar-refractivity contribution in [1.82, 2.24) is 14.8 Å². The van der Waals surface area contributed by atoms with Crippen molar-refractivity contribution in [3.63, 3.8) is 0 Å². The zero-order valence-electron chi connectivity index (χ0n) is 21.3. The SMILES string of the molecule is O=C(OC[C@H]1O[C@@H](n2ncc(=O)[nH]c2=O)[C@@H](OC(=O)c2ccccc2)[C@H]1OC(=O)c1ccccc1)c1ccccc1. The first-order chi connectivity index (χ1) is 19.9. The van der Waals surface area contributed by atoms with Crippen molar-refractivity contribution in [2.24, 2.45) is 0 Å². The van der Waals surface area contributed by atoms with Crippen LogP contribution in [0.3, 0.4) is 0 Å². The summed E-state index contributed by atoms with van der Waals surface area (Å²) in [6.45, 7) is -0.436. The average molecular weight is 558 g/mol. The van der Waals surface area contributed by atoms with Crippen LogP contribution in [-0.4, -0.2) is 57.6 Å². The summed E-state index contributed by atoms with van der Waals surface area (Å²) in [7, 11) is 0. The zero-order valence-corrected chi connectivity index (χ0v) is 21.3. The van der Waals surface area contributed by atoms with Crippen molar-refractivity contribution in [2.45, 2.75) is 24.5 Å². The quantitative estimate of drug-likeness (QED) is 0.252. The van der Waals surface area contributed by atoms with Crippen LogP contribution in [0, 0.1) is 0 Å². The molecule has 41 heavy (non-hydrogen) atoms. The molecule has 0 unspecified atom stereocenters. The number of rotatable bonds is 8.